The van der Waals surface area contributed by atoms with E-state index in [0.29, 0.717) is 12.8 Å². The van der Waals surface area contributed by atoms with Crippen LogP contribution in [0.2, 0.25) is 0 Å². The molecule has 14 heteroatoms. The van der Waals surface area contributed by atoms with Gasteiger partial charge < -0.3 is 65.1 Å². The van der Waals surface area contributed by atoms with Crippen molar-refractivity contribution in [1.82, 2.24) is 5.32 Å². The van der Waals surface area contributed by atoms with Crippen LogP contribution < -0.4 is 5.32 Å². The van der Waals surface area contributed by atoms with Crippen LogP contribution in [0.5, 0.6) is 0 Å². The van der Waals surface area contributed by atoms with Gasteiger partial charge in [-0.1, -0.05) is 250 Å². The van der Waals surface area contributed by atoms with Crippen molar-refractivity contribution >= 4 is 5.91 Å². The molecule has 2 aliphatic heterocycles. The molecule has 0 aromatic rings. The normalized spacial score (nSPS) is 24.0. The van der Waals surface area contributed by atoms with Gasteiger partial charge in [-0.2, -0.15) is 0 Å². The molecule has 0 aromatic carbocycles. The molecule has 0 bridgehead atoms. The Morgan fingerprint density at radius 1 is 0.416 bits per heavy atom. The van der Waals surface area contributed by atoms with Crippen LogP contribution in [-0.4, -0.2) is 140 Å². The van der Waals surface area contributed by atoms with Gasteiger partial charge in [0.2, 0.25) is 5.91 Å². The van der Waals surface area contributed by atoms with Crippen LogP contribution in [0.15, 0.2) is 146 Å². The Kier molecular flexibility index (Phi) is 52.5. The first-order chi connectivity index (χ1) is 43.6. The van der Waals surface area contributed by atoms with Gasteiger partial charge in [-0.25, -0.2) is 0 Å². The number of carbonyl (C=O) groups excluding carboxylic acids is 1. The molecule has 2 aliphatic rings. The Morgan fingerprint density at radius 3 is 1.24 bits per heavy atom. The van der Waals surface area contributed by atoms with Crippen LogP contribution in [-0.2, 0) is 23.7 Å². The predicted molar refractivity (Wildman–Crippen MR) is 364 cm³/mol. The molecule has 89 heavy (non-hydrogen) atoms. The minimum atomic E-state index is -1.80. The third kappa shape index (κ3) is 41.9. The summed E-state index contributed by atoms with van der Waals surface area (Å²) >= 11 is 0. The molecule has 12 atom stereocenters. The van der Waals surface area contributed by atoms with Gasteiger partial charge in [-0.05, 0) is 116 Å². The zero-order valence-corrected chi connectivity index (χ0v) is 54.9. The summed E-state index contributed by atoms with van der Waals surface area (Å²) in [6.45, 7) is 2.64. The van der Waals surface area contributed by atoms with Gasteiger partial charge >= 0.3 is 0 Å². The summed E-state index contributed by atoms with van der Waals surface area (Å²) in [4.78, 5) is 13.3. The maximum atomic E-state index is 13.3. The van der Waals surface area contributed by atoms with E-state index in [9.17, 15) is 45.6 Å². The summed E-state index contributed by atoms with van der Waals surface area (Å²) < 4.78 is 22.8. The number of hydrogen-bond donors (Lipinski definition) is 9. The number of aliphatic hydroxyl groups is 8. The fourth-order valence-corrected chi connectivity index (χ4v) is 10.3. The Labute approximate surface area is 538 Å². The fourth-order valence-electron chi connectivity index (χ4n) is 10.3. The van der Waals surface area contributed by atoms with Gasteiger partial charge in [-0.3, -0.25) is 4.79 Å². The average Bonchev–Trinajstić information content (AvgIpc) is 3.62. The highest BCUT2D eigenvalue weighted by molar-refractivity contribution is 5.76. The van der Waals surface area contributed by atoms with Crippen molar-refractivity contribution < 1.29 is 64.6 Å². The van der Waals surface area contributed by atoms with Crippen LogP contribution in [0.1, 0.15) is 226 Å². The van der Waals surface area contributed by atoms with Gasteiger partial charge in [0, 0.05) is 6.42 Å². The number of rotatable bonds is 54. The van der Waals surface area contributed by atoms with E-state index < -0.39 is 86.8 Å². The van der Waals surface area contributed by atoms with E-state index >= 15 is 0 Å². The molecular weight excluding hydrogens is 1120 g/mol. The van der Waals surface area contributed by atoms with Gasteiger partial charge in [-0.15, -0.1) is 0 Å². The number of amides is 1. The predicted octanol–water partition coefficient (Wildman–Crippen LogP) is 14.1. The second kappa shape index (κ2) is 57.7. The second-order valence-electron chi connectivity index (χ2n) is 23.5. The van der Waals surface area contributed by atoms with Crippen LogP contribution in [0.4, 0.5) is 0 Å². The van der Waals surface area contributed by atoms with E-state index in [1.54, 1.807) is 6.08 Å². The molecule has 0 aromatic heterocycles. The zero-order chi connectivity index (χ0) is 64.5. The summed E-state index contributed by atoms with van der Waals surface area (Å²) in [5.74, 6) is -0.271. The van der Waals surface area contributed by atoms with Crippen molar-refractivity contribution in [3.05, 3.63) is 146 Å². The standard InChI is InChI=1S/C75H123NO13/c1-3-5-7-9-11-13-15-17-19-21-23-25-26-27-28-29-30-31-32-33-34-35-36-37-38-39-41-43-45-47-49-51-53-55-57-59-67(80)76-63(64(79)58-56-54-52-50-48-46-44-42-40-24-22-20-18-16-14-12-10-8-6-4-2)62-86-74-72(85)70(83)73(66(61-78)88-74)89-75-71(84)69(82)68(81)65(60-77)87-75/h5,7,11,13,17,19,23,25,27-28,30-31,33-34,36-37,39-42,48,50,56,58,63-66,68-75,77-79,81-85H,3-4,6,8-10,12,14-16,18,20-22,24,26,29,32,35,38,43-47,49,51-55,57,59-62H2,1-2H3,(H,76,80)/b7-5-,13-11-,19-17-,25-23-,28-27-,31-30-,34-33-,37-36-,41-39-,42-40+,50-48+,58-56+. The molecule has 1 amide bonds. The minimum absolute atomic E-state index is 0.247. The van der Waals surface area contributed by atoms with Gasteiger partial charge in [0.05, 0.1) is 32.0 Å². The molecule has 0 spiro atoms. The van der Waals surface area contributed by atoms with Crippen LogP contribution in [0, 0.1) is 0 Å². The second-order valence-corrected chi connectivity index (χ2v) is 23.5. The lowest BCUT2D eigenvalue weighted by Crippen LogP contribution is -2.65. The van der Waals surface area contributed by atoms with E-state index in [0.717, 1.165) is 128 Å². The summed E-state index contributed by atoms with van der Waals surface area (Å²) in [6, 6.07) is -0.956. The summed E-state index contributed by atoms with van der Waals surface area (Å²) in [7, 11) is 0. The van der Waals surface area contributed by atoms with Crippen molar-refractivity contribution in [1.29, 1.82) is 0 Å². The molecule has 0 radical (unpaired) electrons. The van der Waals surface area contributed by atoms with E-state index in [4.69, 9.17) is 18.9 Å². The van der Waals surface area contributed by atoms with Crippen molar-refractivity contribution in [3.8, 4) is 0 Å². The molecule has 0 saturated carbocycles. The van der Waals surface area contributed by atoms with Gasteiger partial charge in [0.25, 0.3) is 0 Å². The van der Waals surface area contributed by atoms with Crippen molar-refractivity contribution in [3.63, 3.8) is 0 Å². The molecule has 2 rings (SSSR count). The topological polar surface area (TPSA) is 228 Å². The molecular formula is C75H123NO13. The van der Waals surface area contributed by atoms with E-state index in [1.165, 1.54) is 64.2 Å². The maximum absolute atomic E-state index is 13.3. The lowest BCUT2D eigenvalue weighted by atomic mass is 9.97. The number of aliphatic hydroxyl groups excluding tert-OH is 8. The zero-order valence-electron chi connectivity index (χ0n) is 54.9. The van der Waals surface area contributed by atoms with Crippen LogP contribution >= 0.6 is 0 Å². The van der Waals surface area contributed by atoms with E-state index in [-0.39, 0.29) is 18.9 Å². The highest BCUT2D eigenvalue weighted by atomic mass is 16.7. The molecule has 2 fully saturated rings. The van der Waals surface area contributed by atoms with Gasteiger partial charge in [0.15, 0.2) is 12.6 Å². The highest BCUT2D eigenvalue weighted by Gasteiger charge is 2.51. The Morgan fingerprint density at radius 2 is 0.787 bits per heavy atom. The first kappa shape index (κ1) is 81.0. The lowest BCUT2D eigenvalue weighted by molar-refractivity contribution is -0.359. The third-order valence-electron chi connectivity index (χ3n) is 15.7. The minimum Gasteiger partial charge on any atom is -0.394 e. The molecule has 0 aliphatic carbocycles. The number of ether oxygens (including phenoxy) is 4. The van der Waals surface area contributed by atoms with E-state index in [2.05, 4.69) is 153 Å². The van der Waals surface area contributed by atoms with Crippen LogP contribution in [0.25, 0.3) is 0 Å². The molecule has 12 unspecified atom stereocenters. The number of nitrogens with one attached hydrogen (secondary N) is 1. The third-order valence-corrected chi connectivity index (χ3v) is 15.7. The molecule has 9 N–H and O–H groups in total. The molecule has 14 nitrogen and oxygen atoms in total. The number of unbranched alkanes of at least 4 members (excludes halogenated alkanes) is 19. The first-order valence-corrected chi connectivity index (χ1v) is 34.6. The Bertz CT molecular complexity index is 2050. The smallest absolute Gasteiger partial charge is 0.220 e. The summed E-state index contributed by atoms with van der Waals surface area (Å²) in [5, 5.41) is 87.3. The SMILES string of the molecule is CC/C=C\C/C=C\C/C=C\C/C=C\C/C=C\C/C=C\C/C=C\C/C=C\C/C=C\CCCCCCCCCC(=O)NC(COC1OC(CO)C(OC2OC(CO)C(O)C(O)C2O)C(O)C1O)C(O)/C=C/CC/C=C/CC/C=C/CCCCCCCCCCCC. The summed E-state index contributed by atoms with van der Waals surface area (Å²) in [5.41, 5.74) is 0. The van der Waals surface area contributed by atoms with Crippen LogP contribution in [0.3, 0.4) is 0 Å². The molecule has 2 heterocycles. The number of hydrogen-bond acceptors (Lipinski definition) is 13. The van der Waals surface area contributed by atoms with Crippen molar-refractivity contribution in [2.75, 3.05) is 19.8 Å². The maximum Gasteiger partial charge on any atom is 0.220 e. The molecule has 506 valence electrons. The van der Waals surface area contributed by atoms with Gasteiger partial charge in [0.1, 0.15) is 48.8 Å². The van der Waals surface area contributed by atoms with E-state index in [1.807, 2.05) is 6.08 Å². The largest absolute Gasteiger partial charge is 0.394 e. The molecule has 2 saturated heterocycles. The summed E-state index contributed by atoms with van der Waals surface area (Å²) in [6.07, 6.45) is 70.3. The van der Waals surface area contributed by atoms with Crippen molar-refractivity contribution in [2.24, 2.45) is 0 Å². The fraction of sp³-hybridized carbons (Fsp3) is 0.667. The Hall–Kier alpha value is -4.13. The first-order valence-electron chi connectivity index (χ1n) is 34.6. The lowest BCUT2D eigenvalue weighted by Gasteiger charge is -2.46. The average molecular weight is 1250 g/mol. The quantitative estimate of drug-likeness (QED) is 0.0204. The number of allylic oxidation sites excluding steroid dienone is 23. The van der Waals surface area contributed by atoms with Crippen molar-refractivity contribution in [2.45, 2.75) is 299 Å². The highest BCUT2D eigenvalue weighted by Crippen LogP contribution is 2.30. The Balaban J connectivity index is 1.71. The number of carbonyl (C=O) groups is 1. The monoisotopic (exact) mass is 1250 g/mol.